The summed E-state index contributed by atoms with van der Waals surface area (Å²) in [5.74, 6) is 0. The Morgan fingerprint density at radius 1 is 1.35 bits per heavy atom. The maximum absolute atomic E-state index is 12.6. The molecule has 2 rings (SSSR count). The van der Waals surface area contributed by atoms with Gasteiger partial charge in [0, 0.05) is 19.6 Å². The first-order valence-corrected chi connectivity index (χ1v) is 8.25. The molecule has 0 amide bonds. The van der Waals surface area contributed by atoms with Gasteiger partial charge in [-0.1, -0.05) is 12.1 Å². The van der Waals surface area contributed by atoms with Crippen molar-refractivity contribution in [3.8, 4) is 0 Å². The molecule has 1 N–H and O–H groups in total. The van der Waals surface area contributed by atoms with E-state index in [0.717, 1.165) is 25.9 Å². The summed E-state index contributed by atoms with van der Waals surface area (Å²) in [4.78, 5) is 2.44. The Hall–Kier alpha value is -0.950. The van der Waals surface area contributed by atoms with Crippen LogP contribution >= 0.6 is 0 Å². The van der Waals surface area contributed by atoms with Gasteiger partial charge in [-0.3, -0.25) is 0 Å². The van der Waals surface area contributed by atoms with Crippen LogP contribution in [0.4, 0.5) is 0 Å². The van der Waals surface area contributed by atoms with Crippen molar-refractivity contribution in [1.82, 2.24) is 9.21 Å². The van der Waals surface area contributed by atoms with Gasteiger partial charge in [0.1, 0.15) is 0 Å². The molecule has 1 atom stereocenters. The molecule has 1 aliphatic heterocycles. The third-order valence-electron chi connectivity index (χ3n) is 3.90. The smallest absolute Gasteiger partial charge is 0.243 e. The van der Waals surface area contributed by atoms with E-state index < -0.39 is 10.0 Å². The molecule has 20 heavy (non-hydrogen) atoms. The molecule has 1 fully saturated rings. The van der Waals surface area contributed by atoms with Crippen LogP contribution in [0.3, 0.4) is 0 Å². The van der Waals surface area contributed by atoms with Crippen molar-refractivity contribution in [3.05, 3.63) is 29.8 Å². The van der Waals surface area contributed by atoms with Crippen LogP contribution < -0.4 is 0 Å². The zero-order valence-electron chi connectivity index (χ0n) is 12.0. The molecular weight excluding hydrogens is 276 g/mol. The van der Waals surface area contributed by atoms with Crippen molar-refractivity contribution in [2.75, 3.05) is 27.2 Å². The zero-order chi connectivity index (χ0) is 14.8. The average Bonchev–Trinajstić information content (AvgIpc) is 2.46. The van der Waals surface area contributed by atoms with E-state index in [0.29, 0.717) is 5.56 Å². The van der Waals surface area contributed by atoms with E-state index in [1.54, 1.807) is 31.3 Å². The number of piperidine rings is 1. The molecule has 5 nitrogen and oxygen atoms in total. The lowest BCUT2D eigenvalue weighted by Gasteiger charge is -2.35. The number of likely N-dealkylation sites (N-methyl/N-ethyl adjacent to an activating group) is 2. The van der Waals surface area contributed by atoms with Gasteiger partial charge in [0.05, 0.1) is 11.5 Å². The van der Waals surface area contributed by atoms with Crippen molar-refractivity contribution in [2.45, 2.75) is 30.4 Å². The van der Waals surface area contributed by atoms with Gasteiger partial charge < -0.3 is 10.0 Å². The van der Waals surface area contributed by atoms with E-state index in [4.69, 9.17) is 5.11 Å². The number of rotatable bonds is 4. The molecule has 112 valence electrons. The van der Waals surface area contributed by atoms with Crippen LogP contribution in [-0.4, -0.2) is 56.0 Å². The van der Waals surface area contributed by atoms with Gasteiger partial charge in [-0.25, -0.2) is 8.42 Å². The fourth-order valence-electron chi connectivity index (χ4n) is 2.57. The van der Waals surface area contributed by atoms with Crippen LogP contribution in [-0.2, 0) is 16.6 Å². The standard InChI is InChI=1S/C14H22N2O3S/c1-15-9-3-4-13(10-15)16(2)20(18,19)14-7-5-12(11-17)6-8-14/h5-8,13,17H,3-4,9-11H2,1-2H3. The molecule has 0 spiro atoms. The molecule has 1 saturated heterocycles. The van der Waals surface area contributed by atoms with Gasteiger partial charge in [-0.05, 0) is 44.1 Å². The molecule has 0 saturated carbocycles. The molecule has 0 aliphatic carbocycles. The third-order valence-corrected chi connectivity index (χ3v) is 5.82. The Labute approximate surface area is 120 Å². The van der Waals surface area contributed by atoms with Crippen LogP contribution in [0.5, 0.6) is 0 Å². The van der Waals surface area contributed by atoms with Gasteiger partial charge in [-0.2, -0.15) is 4.31 Å². The summed E-state index contributed by atoms with van der Waals surface area (Å²) in [6, 6.07) is 6.44. The fourth-order valence-corrected chi connectivity index (χ4v) is 3.94. The second kappa shape index (κ2) is 6.22. The highest BCUT2D eigenvalue weighted by atomic mass is 32.2. The minimum Gasteiger partial charge on any atom is -0.392 e. The highest BCUT2D eigenvalue weighted by molar-refractivity contribution is 7.89. The number of hydrogen-bond donors (Lipinski definition) is 1. The van der Waals surface area contributed by atoms with Gasteiger partial charge in [0.15, 0.2) is 0 Å². The van der Waals surface area contributed by atoms with Gasteiger partial charge >= 0.3 is 0 Å². The third kappa shape index (κ3) is 3.20. The minimum atomic E-state index is -3.46. The molecule has 6 heteroatoms. The second-order valence-electron chi connectivity index (χ2n) is 5.38. The van der Waals surface area contributed by atoms with Crippen LogP contribution in [0.2, 0.25) is 0 Å². The lowest BCUT2D eigenvalue weighted by molar-refractivity contribution is 0.187. The Balaban J connectivity index is 2.19. The van der Waals surface area contributed by atoms with Crippen LogP contribution in [0.25, 0.3) is 0 Å². The number of benzene rings is 1. The Morgan fingerprint density at radius 3 is 2.55 bits per heavy atom. The summed E-state index contributed by atoms with van der Waals surface area (Å²) >= 11 is 0. The van der Waals surface area contributed by atoms with Crippen LogP contribution in [0.15, 0.2) is 29.2 Å². The summed E-state index contributed by atoms with van der Waals surface area (Å²) < 4.78 is 26.6. The quantitative estimate of drug-likeness (QED) is 0.897. The Kier molecular flexibility index (Phi) is 4.80. The normalized spacial score (nSPS) is 21.3. The predicted octanol–water partition coefficient (Wildman–Crippen LogP) is 0.894. The lowest BCUT2D eigenvalue weighted by Crippen LogP contribution is -2.47. The maximum atomic E-state index is 12.6. The minimum absolute atomic E-state index is 0.0243. The van der Waals surface area contributed by atoms with E-state index in [1.165, 1.54) is 4.31 Å². The first kappa shape index (κ1) is 15.4. The van der Waals surface area contributed by atoms with Crippen molar-refractivity contribution < 1.29 is 13.5 Å². The van der Waals surface area contributed by atoms with E-state index in [2.05, 4.69) is 4.90 Å². The highest BCUT2D eigenvalue weighted by Crippen LogP contribution is 2.22. The lowest BCUT2D eigenvalue weighted by atomic mass is 10.1. The summed E-state index contributed by atoms with van der Waals surface area (Å²) in [6.07, 6.45) is 1.92. The molecule has 0 radical (unpaired) electrons. The Bertz CT molecular complexity index is 542. The van der Waals surface area contributed by atoms with Crippen molar-refractivity contribution in [1.29, 1.82) is 0 Å². The monoisotopic (exact) mass is 298 g/mol. The Morgan fingerprint density at radius 2 is 2.00 bits per heavy atom. The van der Waals surface area contributed by atoms with Crippen LogP contribution in [0.1, 0.15) is 18.4 Å². The molecule has 1 unspecified atom stereocenters. The maximum Gasteiger partial charge on any atom is 0.243 e. The second-order valence-corrected chi connectivity index (χ2v) is 7.38. The molecule has 0 bridgehead atoms. The number of aliphatic hydroxyl groups is 1. The number of sulfonamides is 1. The number of likely N-dealkylation sites (tertiary alicyclic amines) is 1. The molecule has 1 heterocycles. The predicted molar refractivity (Wildman–Crippen MR) is 77.8 cm³/mol. The fraction of sp³-hybridized carbons (Fsp3) is 0.571. The summed E-state index contributed by atoms with van der Waals surface area (Å²) in [5, 5.41) is 9.01. The summed E-state index contributed by atoms with van der Waals surface area (Å²) in [5.41, 5.74) is 0.712. The highest BCUT2D eigenvalue weighted by Gasteiger charge is 2.30. The molecule has 0 aromatic heterocycles. The SMILES string of the molecule is CN1CCCC(N(C)S(=O)(=O)c2ccc(CO)cc2)C1. The number of aliphatic hydroxyl groups excluding tert-OH is 1. The van der Waals surface area contributed by atoms with Crippen molar-refractivity contribution in [2.24, 2.45) is 0 Å². The number of nitrogens with zero attached hydrogens (tertiary/aromatic N) is 2. The molecule has 1 aromatic carbocycles. The van der Waals surface area contributed by atoms with Gasteiger partial charge in [0.2, 0.25) is 10.0 Å². The topological polar surface area (TPSA) is 60.9 Å². The average molecular weight is 298 g/mol. The largest absolute Gasteiger partial charge is 0.392 e. The molecule has 1 aliphatic rings. The van der Waals surface area contributed by atoms with Crippen molar-refractivity contribution >= 4 is 10.0 Å². The van der Waals surface area contributed by atoms with E-state index in [1.807, 2.05) is 7.05 Å². The van der Waals surface area contributed by atoms with E-state index >= 15 is 0 Å². The van der Waals surface area contributed by atoms with Gasteiger partial charge in [0.25, 0.3) is 0 Å². The molecule has 1 aromatic rings. The van der Waals surface area contributed by atoms with E-state index in [-0.39, 0.29) is 17.5 Å². The van der Waals surface area contributed by atoms with E-state index in [9.17, 15) is 8.42 Å². The molecular formula is C14H22N2O3S. The number of hydrogen-bond acceptors (Lipinski definition) is 4. The summed E-state index contributed by atoms with van der Waals surface area (Å²) in [7, 11) is 0.206. The van der Waals surface area contributed by atoms with Gasteiger partial charge in [-0.15, -0.1) is 0 Å². The van der Waals surface area contributed by atoms with Crippen molar-refractivity contribution in [3.63, 3.8) is 0 Å². The first-order chi connectivity index (χ1) is 9.45. The zero-order valence-corrected chi connectivity index (χ0v) is 12.8. The van der Waals surface area contributed by atoms with Crippen LogP contribution in [0, 0.1) is 0 Å². The first-order valence-electron chi connectivity index (χ1n) is 6.81. The summed E-state index contributed by atoms with van der Waals surface area (Å²) in [6.45, 7) is 1.71.